The summed E-state index contributed by atoms with van der Waals surface area (Å²) in [7, 11) is 3.71. The molecule has 8 nitrogen and oxygen atoms in total. The first-order valence-corrected chi connectivity index (χ1v) is 7.30. The van der Waals surface area contributed by atoms with Gasteiger partial charge in [0.2, 0.25) is 17.1 Å². The Labute approximate surface area is 126 Å². The highest BCUT2D eigenvalue weighted by atomic mass is 32.2. The molecule has 0 saturated carbocycles. The van der Waals surface area contributed by atoms with Crippen molar-refractivity contribution in [1.29, 1.82) is 0 Å². The average molecular weight is 307 g/mol. The first kappa shape index (κ1) is 15.2. The molecule has 9 heteroatoms. The van der Waals surface area contributed by atoms with Crippen LogP contribution in [-0.2, 0) is 0 Å². The lowest BCUT2D eigenvalue weighted by atomic mass is 10.5. The molecule has 0 amide bonds. The summed E-state index contributed by atoms with van der Waals surface area (Å²) < 4.78 is 0. The molecule has 0 aliphatic carbocycles. The second kappa shape index (κ2) is 7.02. The highest BCUT2D eigenvalue weighted by Gasteiger charge is 2.10. The van der Waals surface area contributed by atoms with Crippen molar-refractivity contribution in [2.24, 2.45) is 0 Å². The molecule has 0 bridgehead atoms. The van der Waals surface area contributed by atoms with E-state index in [1.54, 1.807) is 4.90 Å². The van der Waals surface area contributed by atoms with Crippen LogP contribution < -0.4 is 15.8 Å². The summed E-state index contributed by atoms with van der Waals surface area (Å²) in [5.74, 6) is 1.06. The van der Waals surface area contributed by atoms with Crippen LogP contribution in [0.3, 0.4) is 0 Å². The van der Waals surface area contributed by atoms with E-state index in [2.05, 4.69) is 37.2 Å². The first-order valence-electron chi connectivity index (χ1n) is 6.49. The van der Waals surface area contributed by atoms with Gasteiger partial charge in [0.25, 0.3) is 5.56 Å². The zero-order valence-electron chi connectivity index (χ0n) is 12.1. The monoisotopic (exact) mass is 307 g/mol. The van der Waals surface area contributed by atoms with E-state index >= 15 is 0 Å². The fourth-order valence-electron chi connectivity index (χ4n) is 1.40. The highest BCUT2D eigenvalue weighted by Crippen LogP contribution is 2.22. The maximum atomic E-state index is 11.3. The van der Waals surface area contributed by atoms with E-state index in [1.165, 1.54) is 24.0 Å². The van der Waals surface area contributed by atoms with Crippen LogP contribution in [0.1, 0.15) is 13.3 Å². The SMILES string of the molecule is CCCNc1nc(Sc2nccc(=O)[nH]2)nc(N(C)C)n1. The van der Waals surface area contributed by atoms with Crippen molar-refractivity contribution in [3.05, 3.63) is 22.6 Å². The van der Waals surface area contributed by atoms with Gasteiger partial charge in [-0.25, -0.2) is 4.98 Å². The third kappa shape index (κ3) is 4.42. The first-order chi connectivity index (χ1) is 10.1. The van der Waals surface area contributed by atoms with Crippen LogP contribution in [-0.4, -0.2) is 45.6 Å². The summed E-state index contributed by atoms with van der Waals surface area (Å²) in [6.45, 7) is 2.84. The van der Waals surface area contributed by atoms with E-state index in [0.29, 0.717) is 22.2 Å². The van der Waals surface area contributed by atoms with Crippen LogP contribution >= 0.6 is 11.8 Å². The summed E-state index contributed by atoms with van der Waals surface area (Å²) >= 11 is 1.19. The van der Waals surface area contributed by atoms with E-state index in [4.69, 9.17) is 0 Å². The Morgan fingerprint density at radius 2 is 2.14 bits per heavy atom. The molecule has 0 aliphatic heterocycles. The second-order valence-corrected chi connectivity index (χ2v) is 5.36. The van der Waals surface area contributed by atoms with Crippen molar-refractivity contribution in [2.75, 3.05) is 30.9 Å². The number of hydrogen-bond donors (Lipinski definition) is 2. The van der Waals surface area contributed by atoms with E-state index in [9.17, 15) is 4.79 Å². The van der Waals surface area contributed by atoms with Crippen LogP contribution in [0.5, 0.6) is 0 Å². The maximum Gasteiger partial charge on any atom is 0.251 e. The molecule has 0 atom stereocenters. The lowest BCUT2D eigenvalue weighted by Crippen LogP contribution is -2.16. The van der Waals surface area contributed by atoms with E-state index in [0.717, 1.165) is 13.0 Å². The Balaban J connectivity index is 2.28. The number of rotatable bonds is 6. The van der Waals surface area contributed by atoms with E-state index in [1.807, 2.05) is 14.1 Å². The zero-order valence-corrected chi connectivity index (χ0v) is 12.9. The van der Waals surface area contributed by atoms with Gasteiger partial charge >= 0.3 is 0 Å². The molecule has 0 aromatic carbocycles. The fraction of sp³-hybridized carbons (Fsp3) is 0.417. The predicted molar refractivity (Wildman–Crippen MR) is 81.9 cm³/mol. The summed E-state index contributed by atoms with van der Waals surface area (Å²) in [6, 6.07) is 1.36. The topological polar surface area (TPSA) is 99.7 Å². The lowest BCUT2D eigenvalue weighted by molar-refractivity contribution is 0.844. The van der Waals surface area contributed by atoms with Crippen LogP contribution in [0.2, 0.25) is 0 Å². The standard InChI is InChI=1S/C12H17N7OS/c1-4-6-13-9-16-10(19(2)3)18-12(17-9)21-11-14-7-5-8(20)15-11/h5,7H,4,6H2,1-3H3,(H,14,15,20)(H,13,16,17,18). The molecule has 0 spiro atoms. The minimum absolute atomic E-state index is 0.210. The lowest BCUT2D eigenvalue weighted by Gasteiger charge is -2.12. The van der Waals surface area contributed by atoms with Crippen LogP contribution in [0.4, 0.5) is 11.9 Å². The smallest absolute Gasteiger partial charge is 0.251 e. The Hall–Kier alpha value is -2.16. The minimum atomic E-state index is -0.210. The molecular formula is C12H17N7OS. The van der Waals surface area contributed by atoms with Crippen molar-refractivity contribution in [3.63, 3.8) is 0 Å². The van der Waals surface area contributed by atoms with Crippen LogP contribution in [0.15, 0.2) is 27.4 Å². The third-order valence-electron chi connectivity index (χ3n) is 2.37. The van der Waals surface area contributed by atoms with Gasteiger partial charge in [-0.05, 0) is 18.2 Å². The van der Waals surface area contributed by atoms with Gasteiger partial charge in [0.1, 0.15) is 0 Å². The molecule has 2 heterocycles. The van der Waals surface area contributed by atoms with Gasteiger partial charge in [-0.3, -0.25) is 4.79 Å². The Morgan fingerprint density at radius 3 is 2.81 bits per heavy atom. The quantitative estimate of drug-likeness (QED) is 0.762. The summed E-state index contributed by atoms with van der Waals surface area (Å²) in [4.78, 5) is 32.7. The summed E-state index contributed by atoms with van der Waals surface area (Å²) in [5.41, 5.74) is -0.210. The van der Waals surface area contributed by atoms with Gasteiger partial charge in [-0.1, -0.05) is 6.92 Å². The second-order valence-electron chi connectivity index (χ2n) is 4.40. The molecule has 2 N–H and O–H groups in total. The van der Waals surface area contributed by atoms with Crippen molar-refractivity contribution < 1.29 is 0 Å². The Bertz CT molecular complexity index is 658. The molecular weight excluding hydrogens is 290 g/mol. The number of nitrogens with zero attached hydrogens (tertiary/aromatic N) is 5. The fourth-order valence-corrected chi connectivity index (χ4v) is 2.10. The van der Waals surface area contributed by atoms with Crippen LogP contribution in [0.25, 0.3) is 0 Å². The van der Waals surface area contributed by atoms with Gasteiger partial charge in [-0.15, -0.1) is 0 Å². The number of aromatic nitrogens is 5. The molecule has 0 fully saturated rings. The molecule has 21 heavy (non-hydrogen) atoms. The summed E-state index contributed by atoms with van der Waals surface area (Å²) in [5, 5.41) is 4.05. The minimum Gasteiger partial charge on any atom is -0.354 e. The number of hydrogen-bond acceptors (Lipinski definition) is 8. The third-order valence-corrected chi connectivity index (χ3v) is 3.14. The van der Waals surface area contributed by atoms with Gasteiger partial charge < -0.3 is 15.2 Å². The van der Waals surface area contributed by atoms with Crippen molar-refractivity contribution >= 4 is 23.7 Å². The molecule has 2 aromatic rings. The Kier molecular flexibility index (Phi) is 5.09. The molecule has 0 aliphatic rings. The van der Waals surface area contributed by atoms with Crippen molar-refractivity contribution in [2.45, 2.75) is 23.7 Å². The number of anilines is 2. The van der Waals surface area contributed by atoms with Crippen molar-refractivity contribution in [1.82, 2.24) is 24.9 Å². The number of aromatic amines is 1. The van der Waals surface area contributed by atoms with Gasteiger partial charge in [0, 0.05) is 32.9 Å². The van der Waals surface area contributed by atoms with E-state index in [-0.39, 0.29) is 5.56 Å². The highest BCUT2D eigenvalue weighted by molar-refractivity contribution is 7.99. The normalized spacial score (nSPS) is 10.4. The zero-order chi connectivity index (χ0) is 15.2. The van der Waals surface area contributed by atoms with Crippen molar-refractivity contribution in [3.8, 4) is 0 Å². The average Bonchev–Trinajstić information content (AvgIpc) is 2.45. The molecule has 2 rings (SSSR count). The molecule has 0 radical (unpaired) electrons. The molecule has 112 valence electrons. The molecule has 2 aromatic heterocycles. The number of nitrogens with one attached hydrogen (secondary N) is 2. The number of H-pyrrole nitrogens is 1. The maximum absolute atomic E-state index is 11.3. The molecule has 0 unspecified atom stereocenters. The van der Waals surface area contributed by atoms with Gasteiger partial charge in [-0.2, -0.15) is 15.0 Å². The van der Waals surface area contributed by atoms with Gasteiger partial charge in [0.15, 0.2) is 5.16 Å². The van der Waals surface area contributed by atoms with Gasteiger partial charge in [0.05, 0.1) is 0 Å². The largest absolute Gasteiger partial charge is 0.354 e. The Morgan fingerprint density at radius 1 is 1.33 bits per heavy atom. The predicted octanol–water partition coefficient (Wildman–Crippen LogP) is 0.994. The van der Waals surface area contributed by atoms with E-state index < -0.39 is 0 Å². The summed E-state index contributed by atoms with van der Waals surface area (Å²) in [6.07, 6.45) is 2.42. The van der Waals surface area contributed by atoms with Crippen LogP contribution in [0, 0.1) is 0 Å². The molecule has 0 saturated heterocycles.